The van der Waals surface area contributed by atoms with Gasteiger partial charge in [0.25, 0.3) is 0 Å². The molecule has 1 saturated heterocycles. The van der Waals surface area contributed by atoms with Gasteiger partial charge in [0, 0.05) is 32.1 Å². The number of piperidine rings is 1. The Kier molecular flexibility index (Phi) is 6.45. The second-order valence-electron chi connectivity index (χ2n) is 7.49. The first-order valence-electron chi connectivity index (χ1n) is 9.43. The first-order chi connectivity index (χ1) is 12.4. The third kappa shape index (κ3) is 4.71. The van der Waals surface area contributed by atoms with Gasteiger partial charge in [-0.1, -0.05) is 18.3 Å². The van der Waals surface area contributed by atoms with E-state index in [1.807, 2.05) is 4.90 Å². The van der Waals surface area contributed by atoms with E-state index in [4.69, 9.17) is 0 Å². The molecule has 144 valence electrons. The molecular weight excluding hydrogens is 368 g/mol. The van der Waals surface area contributed by atoms with E-state index in [0.29, 0.717) is 5.13 Å². The van der Waals surface area contributed by atoms with E-state index >= 15 is 0 Å². The fourth-order valence-electron chi connectivity index (χ4n) is 4.09. The zero-order valence-electron chi connectivity index (χ0n) is 15.5. The minimum atomic E-state index is -0.0616. The number of carbonyl (C=O) groups excluding carboxylic acids is 2. The van der Waals surface area contributed by atoms with Crippen molar-refractivity contribution in [2.45, 2.75) is 68.7 Å². The summed E-state index contributed by atoms with van der Waals surface area (Å²) in [6, 6.07) is 0.392. The molecule has 2 aliphatic rings. The molecule has 2 heterocycles. The second-order valence-corrected chi connectivity index (χ2v) is 9.31. The quantitative estimate of drug-likeness (QED) is 0.763. The van der Waals surface area contributed by atoms with Gasteiger partial charge in [-0.2, -0.15) is 0 Å². The van der Waals surface area contributed by atoms with Gasteiger partial charge in [-0.25, -0.2) is 9.78 Å². The lowest BCUT2D eigenvalue weighted by Crippen LogP contribution is -2.54. The zero-order valence-corrected chi connectivity index (χ0v) is 17.2. The molecule has 3 rings (SSSR count). The monoisotopic (exact) mass is 396 g/mol. The van der Waals surface area contributed by atoms with Crippen LogP contribution in [0.5, 0.6) is 0 Å². The van der Waals surface area contributed by atoms with E-state index in [1.165, 1.54) is 24.2 Å². The summed E-state index contributed by atoms with van der Waals surface area (Å²) in [6.45, 7) is 5.36. The standard InChI is InChI=1S/C18H28N4O2S2/c1-12-3-5-14(6-4-12)22(15-7-9-21(10-8-15)13(2)23)18(24)20-17-19-11-16(25)26-17/h11-12,14-15,25H,3-10H2,1-2H3,(H,19,20,24)/t12-,14-. The summed E-state index contributed by atoms with van der Waals surface area (Å²) in [4.78, 5) is 32.8. The number of amides is 3. The highest BCUT2D eigenvalue weighted by Crippen LogP contribution is 2.31. The number of hydrogen-bond donors (Lipinski definition) is 2. The summed E-state index contributed by atoms with van der Waals surface area (Å²) >= 11 is 5.65. The molecule has 1 aliphatic carbocycles. The SMILES string of the molecule is CC(=O)N1CCC(N(C(=O)Nc2ncc(S)s2)[C@H]2CC[C@H](C)CC2)CC1. The molecule has 8 heteroatoms. The van der Waals surface area contributed by atoms with Crippen LogP contribution >= 0.6 is 24.0 Å². The first kappa shape index (κ1) is 19.5. The number of thiazole rings is 1. The zero-order chi connectivity index (χ0) is 18.7. The van der Waals surface area contributed by atoms with Crippen LogP contribution in [0.25, 0.3) is 0 Å². The molecule has 6 nitrogen and oxygen atoms in total. The van der Waals surface area contributed by atoms with Crippen molar-refractivity contribution in [1.82, 2.24) is 14.8 Å². The lowest BCUT2D eigenvalue weighted by Gasteiger charge is -2.44. The maximum Gasteiger partial charge on any atom is 0.324 e. The highest BCUT2D eigenvalue weighted by atomic mass is 32.2. The molecule has 0 bridgehead atoms. The Morgan fingerprint density at radius 1 is 1.19 bits per heavy atom. The Balaban J connectivity index is 1.71. The average Bonchev–Trinajstić information content (AvgIpc) is 3.02. The van der Waals surface area contributed by atoms with E-state index in [9.17, 15) is 9.59 Å². The summed E-state index contributed by atoms with van der Waals surface area (Å²) in [6.07, 6.45) is 7.77. The number of urea groups is 1. The Labute approximate surface area is 164 Å². The molecular formula is C18H28N4O2S2. The number of anilines is 1. The number of aromatic nitrogens is 1. The normalized spacial score (nSPS) is 24.3. The fraction of sp³-hybridized carbons (Fsp3) is 0.722. The Bertz CT molecular complexity index is 635. The van der Waals surface area contributed by atoms with Crippen LogP contribution in [0, 0.1) is 5.92 Å². The maximum absolute atomic E-state index is 13.1. The number of nitrogens with one attached hydrogen (secondary N) is 1. The molecule has 0 radical (unpaired) electrons. The lowest BCUT2D eigenvalue weighted by molar-refractivity contribution is -0.130. The summed E-state index contributed by atoms with van der Waals surface area (Å²) in [5.41, 5.74) is 0. The lowest BCUT2D eigenvalue weighted by atomic mass is 9.85. The number of carbonyl (C=O) groups is 2. The minimum absolute atomic E-state index is 0.0616. The number of thiol groups is 1. The number of rotatable bonds is 3. The van der Waals surface area contributed by atoms with Gasteiger partial charge in [-0.15, -0.1) is 12.6 Å². The maximum atomic E-state index is 13.1. The van der Waals surface area contributed by atoms with Gasteiger partial charge < -0.3 is 9.80 Å². The predicted octanol–water partition coefficient (Wildman–Crippen LogP) is 3.86. The van der Waals surface area contributed by atoms with Crippen LogP contribution in [0.3, 0.4) is 0 Å². The van der Waals surface area contributed by atoms with Crippen molar-refractivity contribution in [1.29, 1.82) is 0 Å². The third-order valence-corrected chi connectivity index (χ3v) is 6.73. The van der Waals surface area contributed by atoms with Crippen molar-refractivity contribution >= 4 is 41.0 Å². The fourth-order valence-corrected chi connectivity index (χ4v) is 4.95. The largest absolute Gasteiger partial charge is 0.343 e. The third-order valence-electron chi connectivity index (χ3n) is 5.62. The Morgan fingerprint density at radius 2 is 1.81 bits per heavy atom. The first-order valence-corrected chi connectivity index (χ1v) is 10.7. The van der Waals surface area contributed by atoms with E-state index in [0.717, 1.165) is 48.9 Å². The van der Waals surface area contributed by atoms with Crippen LogP contribution in [0.4, 0.5) is 9.93 Å². The van der Waals surface area contributed by atoms with Gasteiger partial charge in [0.1, 0.15) is 0 Å². The Morgan fingerprint density at radius 3 is 2.35 bits per heavy atom. The number of nitrogens with zero attached hydrogens (tertiary/aromatic N) is 3. The molecule has 1 aromatic rings. The van der Waals surface area contributed by atoms with Gasteiger partial charge in [0.15, 0.2) is 5.13 Å². The molecule has 3 amide bonds. The van der Waals surface area contributed by atoms with Crippen LogP contribution in [-0.2, 0) is 4.79 Å². The molecule has 1 N–H and O–H groups in total. The topological polar surface area (TPSA) is 65.5 Å². The van der Waals surface area contributed by atoms with Crippen molar-refractivity contribution in [3.05, 3.63) is 6.20 Å². The van der Waals surface area contributed by atoms with E-state index in [-0.39, 0.29) is 24.0 Å². The van der Waals surface area contributed by atoms with Crippen molar-refractivity contribution in [2.75, 3.05) is 18.4 Å². The van der Waals surface area contributed by atoms with Crippen LogP contribution in [0.2, 0.25) is 0 Å². The van der Waals surface area contributed by atoms with Crippen molar-refractivity contribution < 1.29 is 9.59 Å². The van der Waals surface area contributed by atoms with Gasteiger partial charge >= 0.3 is 6.03 Å². The van der Waals surface area contributed by atoms with Crippen LogP contribution in [0.1, 0.15) is 52.4 Å². The molecule has 1 aliphatic heterocycles. The smallest absolute Gasteiger partial charge is 0.324 e. The number of hydrogen-bond acceptors (Lipinski definition) is 5. The highest BCUT2D eigenvalue weighted by molar-refractivity contribution is 7.83. The van der Waals surface area contributed by atoms with Gasteiger partial charge in [0.2, 0.25) is 5.91 Å². The molecule has 0 atom stereocenters. The molecule has 0 unspecified atom stereocenters. The van der Waals surface area contributed by atoms with Crippen LogP contribution in [0.15, 0.2) is 10.4 Å². The van der Waals surface area contributed by atoms with Gasteiger partial charge in [0.05, 0.1) is 10.4 Å². The second kappa shape index (κ2) is 8.61. The van der Waals surface area contributed by atoms with Crippen molar-refractivity contribution in [2.24, 2.45) is 5.92 Å². The summed E-state index contributed by atoms with van der Waals surface area (Å²) in [5.74, 6) is 0.858. The minimum Gasteiger partial charge on any atom is -0.343 e. The van der Waals surface area contributed by atoms with E-state index in [2.05, 4.69) is 34.8 Å². The molecule has 0 aromatic carbocycles. The highest BCUT2D eigenvalue weighted by Gasteiger charge is 2.35. The molecule has 1 saturated carbocycles. The van der Waals surface area contributed by atoms with Crippen LogP contribution in [-0.4, -0.2) is 51.9 Å². The summed E-state index contributed by atoms with van der Waals surface area (Å²) in [5, 5.41) is 3.56. The van der Waals surface area contributed by atoms with Gasteiger partial charge in [-0.3, -0.25) is 10.1 Å². The Hall–Kier alpha value is -1.28. The molecule has 26 heavy (non-hydrogen) atoms. The van der Waals surface area contributed by atoms with E-state index in [1.54, 1.807) is 13.1 Å². The van der Waals surface area contributed by atoms with Crippen LogP contribution < -0.4 is 5.32 Å². The molecule has 2 fully saturated rings. The predicted molar refractivity (Wildman–Crippen MR) is 107 cm³/mol. The average molecular weight is 397 g/mol. The van der Waals surface area contributed by atoms with Crippen molar-refractivity contribution in [3.8, 4) is 0 Å². The molecule has 0 spiro atoms. The molecule has 1 aromatic heterocycles. The summed E-state index contributed by atoms with van der Waals surface area (Å²) < 4.78 is 0.785. The van der Waals surface area contributed by atoms with Gasteiger partial charge in [-0.05, 0) is 44.4 Å². The van der Waals surface area contributed by atoms with Crippen molar-refractivity contribution in [3.63, 3.8) is 0 Å². The number of likely N-dealkylation sites (tertiary alicyclic amines) is 1. The summed E-state index contributed by atoms with van der Waals surface area (Å²) in [7, 11) is 0. The van der Waals surface area contributed by atoms with E-state index < -0.39 is 0 Å².